The first-order valence-electron chi connectivity index (χ1n) is 2.74. The monoisotopic (exact) mass is 191 g/mol. The summed E-state index contributed by atoms with van der Waals surface area (Å²) in [4.78, 5) is 16.6. The number of aromatic amines is 1. The molecular formula is C5H6ClN3OS. The van der Waals surface area contributed by atoms with Gasteiger partial charge >= 0.3 is 5.69 Å². The molecule has 1 aromatic heterocycles. The third-order valence-electron chi connectivity index (χ3n) is 1.06. The number of H-pyrrole nitrogens is 1. The minimum absolute atomic E-state index is 0.163. The van der Waals surface area contributed by atoms with E-state index in [1.807, 2.05) is 0 Å². The molecule has 0 aliphatic carbocycles. The number of nitrogens with one attached hydrogen (secondary N) is 1. The summed E-state index contributed by atoms with van der Waals surface area (Å²) in [6.45, 7) is 0. The van der Waals surface area contributed by atoms with Gasteiger partial charge in [0.1, 0.15) is 15.9 Å². The highest BCUT2D eigenvalue weighted by atomic mass is 35.5. The third kappa shape index (κ3) is 1.66. The number of anilines is 1. The average Bonchev–Trinajstić information content (AvgIpc) is 1.96. The average molecular weight is 192 g/mol. The lowest BCUT2D eigenvalue weighted by Gasteiger charge is -1.99. The SMILES string of the molecule is CSc1nc(=O)[nH]c(N)c1Cl. The summed E-state index contributed by atoms with van der Waals surface area (Å²) in [5.41, 5.74) is 4.88. The Hall–Kier alpha value is -0.680. The van der Waals surface area contributed by atoms with Gasteiger partial charge in [0.25, 0.3) is 0 Å². The minimum Gasteiger partial charge on any atom is -0.384 e. The van der Waals surface area contributed by atoms with E-state index in [4.69, 9.17) is 17.3 Å². The van der Waals surface area contributed by atoms with Gasteiger partial charge in [-0.3, -0.25) is 4.98 Å². The first-order valence-corrected chi connectivity index (χ1v) is 4.34. The van der Waals surface area contributed by atoms with Crippen molar-refractivity contribution in [1.29, 1.82) is 0 Å². The molecular weight excluding hydrogens is 186 g/mol. The van der Waals surface area contributed by atoms with Crippen LogP contribution in [0.2, 0.25) is 5.02 Å². The van der Waals surface area contributed by atoms with Crippen LogP contribution in [0.3, 0.4) is 0 Å². The van der Waals surface area contributed by atoms with Crippen molar-refractivity contribution in [2.75, 3.05) is 12.0 Å². The number of nitrogen functional groups attached to an aromatic ring is 1. The van der Waals surface area contributed by atoms with Crippen LogP contribution in [0.4, 0.5) is 5.82 Å². The maximum Gasteiger partial charge on any atom is 0.347 e. The zero-order chi connectivity index (χ0) is 8.43. The fourth-order valence-corrected chi connectivity index (χ4v) is 1.37. The lowest BCUT2D eigenvalue weighted by atomic mass is 10.6. The van der Waals surface area contributed by atoms with Gasteiger partial charge in [0.2, 0.25) is 0 Å². The molecule has 0 aliphatic rings. The molecule has 0 aromatic carbocycles. The summed E-state index contributed by atoms with van der Waals surface area (Å²) in [6, 6.07) is 0. The van der Waals surface area contributed by atoms with Gasteiger partial charge in [0.05, 0.1) is 0 Å². The van der Waals surface area contributed by atoms with Crippen molar-refractivity contribution in [3.63, 3.8) is 0 Å². The van der Waals surface area contributed by atoms with Crippen molar-refractivity contribution in [3.05, 3.63) is 15.5 Å². The second kappa shape index (κ2) is 3.15. The Labute approximate surface area is 72.2 Å². The van der Waals surface area contributed by atoms with Gasteiger partial charge in [-0.25, -0.2) is 4.79 Å². The molecule has 3 N–H and O–H groups in total. The van der Waals surface area contributed by atoms with Crippen LogP contribution >= 0.6 is 23.4 Å². The number of halogens is 1. The van der Waals surface area contributed by atoms with Crippen LogP contribution in [0.5, 0.6) is 0 Å². The molecule has 0 aliphatic heterocycles. The maximum absolute atomic E-state index is 10.7. The molecule has 60 valence electrons. The zero-order valence-electron chi connectivity index (χ0n) is 5.72. The van der Waals surface area contributed by atoms with E-state index in [0.717, 1.165) is 0 Å². The van der Waals surface area contributed by atoms with Gasteiger partial charge in [0.15, 0.2) is 0 Å². The summed E-state index contributed by atoms with van der Waals surface area (Å²) < 4.78 is 0. The van der Waals surface area contributed by atoms with Crippen LogP contribution in [0, 0.1) is 0 Å². The van der Waals surface area contributed by atoms with Gasteiger partial charge in [-0.2, -0.15) is 4.98 Å². The molecule has 0 radical (unpaired) electrons. The maximum atomic E-state index is 10.7. The third-order valence-corrected chi connectivity index (χ3v) is 2.24. The normalized spacial score (nSPS) is 10.0. The van der Waals surface area contributed by atoms with E-state index in [2.05, 4.69) is 9.97 Å². The smallest absolute Gasteiger partial charge is 0.347 e. The topological polar surface area (TPSA) is 71.8 Å². The van der Waals surface area contributed by atoms with E-state index in [1.165, 1.54) is 11.8 Å². The van der Waals surface area contributed by atoms with E-state index in [0.29, 0.717) is 10.0 Å². The van der Waals surface area contributed by atoms with Gasteiger partial charge in [-0.1, -0.05) is 11.6 Å². The second-order valence-corrected chi connectivity index (χ2v) is 2.95. The van der Waals surface area contributed by atoms with E-state index >= 15 is 0 Å². The van der Waals surface area contributed by atoms with Crippen molar-refractivity contribution >= 4 is 29.2 Å². The quantitative estimate of drug-likeness (QED) is 0.507. The number of nitrogens with two attached hydrogens (primary N) is 1. The molecule has 0 bridgehead atoms. The van der Waals surface area contributed by atoms with Crippen molar-refractivity contribution in [1.82, 2.24) is 9.97 Å². The van der Waals surface area contributed by atoms with Gasteiger partial charge in [0, 0.05) is 0 Å². The number of aromatic nitrogens is 2. The molecule has 11 heavy (non-hydrogen) atoms. The predicted octanol–water partition coefficient (Wildman–Crippen LogP) is 0.727. The second-order valence-electron chi connectivity index (χ2n) is 1.78. The minimum atomic E-state index is -0.476. The lowest BCUT2D eigenvalue weighted by Crippen LogP contribution is -2.13. The Morgan fingerprint density at radius 3 is 2.91 bits per heavy atom. The fraction of sp³-hybridized carbons (Fsp3) is 0.200. The molecule has 0 saturated heterocycles. The Bertz CT molecular complexity index is 324. The Kier molecular flexibility index (Phi) is 2.41. The summed E-state index contributed by atoms with van der Waals surface area (Å²) in [6.07, 6.45) is 1.77. The molecule has 0 amide bonds. The highest BCUT2D eigenvalue weighted by Crippen LogP contribution is 2.24. The number of thioether (sulfide) groups is 1. The molecule has 0 saturated carbocycles. The summed E-state index contributed by atoms with van der Waals surface area (Å²) in [5, 5.41) is 0.755. The first-order chi connectivity index (χ1) is 5.15. The van der Waals surface area contributed by atoms with Crippen LogP contribution in [0.1, 0.15) is 0 Å². The molecule has 6 heteroatoms. The van der Waals surface area contributed by atoms with Crippen molar-refractivity contribution in [2.24, 2.45) is 0 Å². The Balaban J connectivity index is 3.36. The fourth-order valence-electron chi connectivity index (χ4n) is 0.590. The number of hydrogen-bond donors (Lipinski definition) is 2. The number of rotatable bonds is 1. The van der Waals surface area contributed by atoms with E-state index in [-0.39, 0.29) is 5.82 Å². The molecule has 0 unspecified atom stereocenters. The summed E-state index contributed by atoms with van der Waals surface area (Å²) >= 11 is 6.97. The van der Waals surface area contributed by atoms with E-state index in [9.17, 15) is 4.79 Å². The van der Waals surface area contributed by atoms with E-state index < -0.39 is 5.69 Å². The van der Waals surface area contributed by atoms with Crippen molar-refractivity contribution in [3.8, 4) is 0 Å². The molecule has 1 aromatic rings. The standard InChI is InChI=1S/C5H6ClN3OS/c1-11-4-2(6)3(7)8-5(10)9-4/h1H3,(H3,7,8,9,10). The molecule has 0 fully saturated rings. The predicted molar refractivity (Wildman–Crippen MR) is 46.1 cm³/mol. The summed E-state index contributed by atoms with van der Waals surface area (Å²) in [5.74, 6) is 0.163. The number of hydrogen-bond acceptors (Lipinski definition) is 4. The highest BCUT2D eigenvalue weighted by molar-refractivity contribution is 7.98. The summed E-state index contributed by atoms with van der Waals surface area (Å²) in [7, 11) is 0. The molecule has 1 heterocycles. The zero-order valence-corrected chi connectivity index (χ0v) is 7.29. The Morgan fingerprint density at radius 2 is 2.36 bits per heavy atom. The highest BCUT2D eigenvalue weighted by Gasteiger charge is 2.05. The van der Waals surface area contributed by atoms with Crippen molar-refractivity contribution in [2.45, 2.75) is 5.03 Å². The van der Waals surface area contributed by atoms with Gasteiger partial charge in [-0.05, 0) is 6.26 Å². The van der Waals surface area contributed by atoms with Crippen LogP contribution in [0.15, 0.2) is 9.82 Å². The van der Waals surface area contributed by atoms with Crippen LogP contribution in [-0.2, 0) is 0 Å². The largest absolute Gasteiger partial charge is 0.384 e. The molecule has 0 spiro atoms. The number of nitrogens with zero attached hydrogens (tertiary/aromatic N) is 1. The van der Waals surface area contributed by atoms with Gasteiger partial charge < -0.3 is 5.73 Å². The lowest BCUT2D eigenvalue weighted by molar-refractivity contribution is 0.990. The van der Waals surface area contributed by atoms with Crippen molar-refractivity contribution < 1.29 is 0 Å². The first kappa shape index (κ1) is 8.42. The van der Waals surface area contributed by atoms with Crippen LogP contribution in [-0.4, -0.2) is 16.2 Å². The van der Waals surface area contributed by atoms with Crippen LogP contribution < -0.4 is 11.4 Å². The Morgan fingerprint density at radius 1 is 1.73 bits per heavy atom. The molecule has 1 rings (SSSR count). The van der Waals surface area contributed by atoms with E-state index in [1.54, 1.807) is 6.26 Å². The van der Waals surface area contributed by atoms with Crippen LogP contribution in [0.25, 0.3) is 0 Å². The van der Waals surface area contributed by atoms with Gasteiger partial charge in [-0.15, -0.1) is 11.8 Å². The molecule has 4 nitrogen and oxygen atoms in total. The molecule has 0 atom stereocenters.